The largest absolute Gasteiger partial charge is 0.310 e. The van der Waals surface area contributed by atoms with Crippen molar-refractivity contribution in [3.63, 3.8) is 0 Å². The van der Waals surface area contributed by atoms with Gasteiger partial charge >= 0.3 is 0 Å². The van der Waals surface area contributed by atoms with E-state index in [0.717, 1.165) is 36.0 Å². The van der Waals surface area contributed by atoms with Gasteiger partial charge in [0.15, 0.2) is 0 Å². The summed E-state index contributed by atoms with van der Waals surface area (Å²) < 4.78 is 0. The molecule has 0 radical (unpaired) electrons. The van der Waals surface area contributed by atoms with Crippen molar-refractivity contribution in [3.05, 3.63) is 22.8 Å². The summed E-state index contributed by atoms with van der Waals surface area (Å²) >= 11 is 0. The smallest absolute Gasteiger partial charge is 0.235 e. The minimum atomic E-state index is -0.163. The predicted octanol–water partition coefficient (Wildman–Crippen LogP) is 5.71. The van der Waals surface area contributed by atoms with Crippen LogP contribution in [-0.2, 0) is 0 Å². The summed E-state index contributed by atoms with van der Waals surface area (Å²) in [6, 6.07) is 0. The lowest BCUT2D eigenvalue weighted by molar-refractivity contribution is -0.138. The lowest BCUT2D eigenvalue weighted by atomic mass is 9.40. The molecule has 0 bridgehead atoms. The van der Waals surface area contributed by atoms with Crippen molar-refractivity contribution in [2.45, 2.75) is 77.3 Å². The van der Waals surface area contributed by atoms with E-state index in [1.807, 2.05) is 0 Å². The van der Waals surface area contributed by atoms with Crippen molar-refractivity contribution in [2.24, 2.45) is 47.3 Å². The van der Waals surface area contributed by atoms with Crippen LogP contribution in [0.5, 0.6) is 0 Å². The molecule has 4 aliphatic rings. The zero-order chi connectivity index (χ0) is 17.3. The van der Waals surface area contributed by atoms with Gasteiger partial charge in [0.05, 0.1) is 0 Å². The van der Waals surface area contributed by atoms with Crippen LogP contribution in [0.1, 0.15) is 66.2 Å². The monoisotopic (exact) mass is 324 g/mol. The molecule has 0 aromatic heterocycles. The van der Waals surface area contributed by atoms with E-state index in [1.54, 1.807) is 0 Å². The molecule has 0 amide bonds. The van der Waals surface area contributed by atoms with Crippen LogP contribution in [0.25, 0.3) is 9.69 Å². The molecule has 0 spiro atoms. The number of rotatable bonds is 0. The molecule has 4 fully saturated rings. The first-order chi connectivity index (χ1) is 11.4. The summed E-state index contributed by atoms with van der Waals surface area (Å²) in [6.07, 6.45) is 7.36. The van der Waals surface area contributed by atoms with Crippen molar-refractivity contribution < 1.29 is 0 Å². The predicted molar refractivity (Wildman–Crippen MR) is 97.0 cm³/mol. The second kappa shape index (κ2) is 5.24. The van der Waals surface area contributed by atoms with Gasteiger partial charge in [0, 0.05) is 38.0 Å². The fraction of sp³-hybridized carbons (Fsp3) is 0.909. The maximum absolute atomic E-state index is 7.94. The van der Waals surface area contributed by atoms with Gasteiger partial charge in [-0.2, -0.15) is 0 Å². The third kappa shape index (κ3) is 1.92. The van der Waals surface area contributed by atoms with Gasteiger partial charge in [-0.3, -0.25) is 0 Å². The van der Waals surface area contributed by atoms with E-state index in [9.17, 15) is 0 Å². The van der Waals surface area contributed by atoms with Gasteiger partial charge in [0.25, 0.3) is 0 Å². The second-order valence-electron chi connectivity index (χ2n) is 10.1. The molecule has 4 aliphatic carbocycles. The van der Waals surface area contributed by atoms with Gasteiger partial charge in [-0.15, -0.1) is 0 Å². The van der Waals surface area contributed by atoms with Gasteiger partial charge in [0.2, 0.25) is 11.1 Å². The summed E-state index contributed by atoms with van der Waals surface area (Å²) in [4.78, 5) is 8.40. The summed E-state index contributed by atoms with van der Waals surface area (Å²) in [6.45, 7) is 25.1. The van der Waals surface area contributed by atoms with E-state index in [-0.39, 0.29) is 11.1 Å². The minimum absolute atomic E-state index is 0.134. The van der Waals surface area contributed by atoms with Crippen LogP contribution in [0.15, 0.2) is 0 Å². The zero-order valence-corrected chi connectivity index (χ0v) is 15.8. The fourth-order valence-electron chi connectivity index (χ4n) is 7.87. The molecule has 0 heterocycles. The first-order valence-corrected chi connectivity index (χ1v) is 10.1. The van der Waals surface area contributed by atoms with E-state index in [4.69, 9.17) is 13.1 Å². The molecule has 0 aromatic carbocycles. The molecule has 0 aromatic rings. The Labute approximate surface area is 148 Å². The van der Waals surface area contributed by atoms with E-state index in [1.165, 1.54) is 32.1 Å². The molecule has 4 rings (SSSR count). The Morgan fingerprint density at radius 3 is 2.25 bits per heavy atom. The van der Waals surface area contributed by atoms with Crippen molar-refractivity contribution in [3.8, 4) is 0 Å². The van der Waals surface area contributed by atoms with Crippen LogP contribution >= 0.6 is 0 Å². The van der Waals surface area contributed by atoms with Crippen molar-refractivity contribution in [2.75, 3.05) is 0 Å². The van der Waals surface area contributed by atoms with Crippen LogP contribution < -0.4 is 0 Å². The Balaban J connectivity index is 1.79. The van der Waals surface area contributed by atoms with Crippen molar-refractivity contribution in [1.29, 1.82) is 0 Å². The van der Waals surface area contributed by atoms with E-state index in [0.29, 0.717) is 17.8 Å². The van der Waals surface area contributed by atoms with E-state index >= 15 is 0 Å². The van der Waals surface area contributed by atoms with Gasteiger partial charge in [0.1, 0.15) is 0 Å². The standard InChI is InChI=1S/C22H32N2/c1-13-11-15-12-14(2)22(4,24-6)18-8-7-17-20(19(15)18)16(13)9-10-21(17,3)23-5/h13-20H,7-12H2,1-4H3/t13-,14+,15-,16?,17?,18-,19?,20+,21-,22+/m0/s1. The van der Waals surface area contributed by atoms with Crippen LogP contribution in [0.3, 0.4) is 0 Å². The Morgan fingerprint density at radius 2 is 1.58 bits per heavy atom. The highest BCUT2D eigenvalue weighted by atomic mass is 14.9. The maximum atomic E-state index is 7.94. The Bertz CT molecular complexity index is 612. The highest BCUT2D eigenvalue weighted by Crippen LogP contribution is 2.66. The number of nitrogens with zero attached hydrogens (tertiary/aromatic N) is 2. The molecule has 3 unspecified atom stereocenters. The van der Waals surface area contributed by atoms with Crippen molar-refractivity contribution >= 4 is 0 Å². The Kier molecular flexibility index (Phi) is 3.59. The van der Waals surface area contributed by atoms with E-state index < -0.39 is 0 Å². The Hall–Kier alpha value is -1.02. The molecule has 0 aliphatic heterocycles. The van der Waals surface area contributed by atoms with E-state index in [2.05, 4.69) is 37.4 Å². The second-order valence-corrected chi connectivity index (χ2v) is 10.1. The number of hydrogen-bond acceptors (Lipinski definition) is 0. The normalized spacial score (nSPS) is 58.9. The molecule has 130 valence electrons. The SMILES string of the molecule is [C-]#[N+][C@]1(C)[C@H](C)C[C@@H]2C[C@H](C)C3CC[C@](C)([N+]#[C-])C4CC[C@H]1C2[C@H]34. The first kappa shape index (κ1) is 16.4. The van der Waals surface area contributed by atoms with Crippen LogP contribution in [-0.4, -0.2) is 11.1 Å². The Morgan fingerprint density at radius 1 is 0.875 bits per heavy atom. The topological polar surface area (TPSA) is 8.72 Å². The lowest BCUT2D eigenvalue weighted by Gasteiger charge is -2.62. The molecule has 0 N–H and O–H groups in total. The molecule has 4 saturated carbocycles. The molecule has 10 atom stereocenters. The van der Waals surface area contributed by atoms with Crippen LogP contribution in [0.4, 0.5) is 0 Å². The third-order valence-corrected chi connectivity index (χ3v) is 9.29. The summed E-state index contributed by atoms with van der Waals surface area (Å²) in [5, 5.41) is 0. The average Bonchev–Trinajstić information content (AvgIpc) is 2.58. The van der Waals surface area contributed by atoms with Crippen LogP contribution in [0, 0.1) is 60.5 Å². The molecule has 24 heavy (non-hydrogen) atoms. The third-order valence-electron chi connectivity index (χ3n) is 9.29. The lowest BCUT2D eigenvalue weighted by Crippen LogP contribution is -2.62. The van der Waals surface area contributed by atoms with Gasteiger partial charge in [-0.25, -0.2) is 13.1 Å². The summed E-state index contributed by atoms with van der Waals surface area (Å²) in [7, 11) is 0. The summed E-state index contributed by atoms with van der Waals surface area (Å²) in [5.41, 5.74) is -0.297. The quantitative estimate of drug-likeness (QED) is 0.505. The van der Waals surface area contributed by atoms with Gasteiger partial charge in [-0.1, -0.05) is 13.8 Å². The molecular weight excluding hydrogens is 292 g/mol. The van der Waals surface area contributed by atoms with Gasteiger partial charge < -0.3 is 9.69 Å². The highest BCUT2D eigenvalue weighted by molar-refractivity contribution is 5.19. The number of hydrogen-bond donors (Lipinski definition) is 0. The van der Waals surface area contributed by atoms with Crippen LogP contribution in [0.2, 0.25) is 0 Å². The summed E-state index contributed by atoms with van der Waals surface area (Å²) in [5.74, 6) is 5.58. The minimum Gasteiger partial charge on any atom is -0.310 e. The fourth-order valence-corrected chi connectivity index (χ4v) is 7.87. The molecular formula is C22H32N2. The molecule has 0 saturated heterocycles. The molecule has 2 nitrogen and oxygen atoms in total. The first-order valence-electron chi connectivity index (χ1n) is 10.1. The average molecular weight is 325 g/mol. The highest BCUT2D eigenvalue weighted by Gasteiger charge is 2.67. The van der Waals surface area contributed by atoms with Crippen molar-refractivity contribution in [1.82, 2.24) is 0 Å². The van der Waals surface area contributed by atoms with Gasteiger partial charge in [-0.05, 0) is 61.7 Å². The zero-order valence-electron chi connectivity index (χ0n) is 15.8. The molecule has 2 heteroatoms. The maximum Gasteiger partial charge on any atom is 0.235 e.